The molecule has 0 bridgehead atoms. The molecular weight excluding hydrogens is 210 g/mol. The molecule has 2 rings (SSSR count). The molecule has 0 spiro atoms. The van der Waals surface area contributed by atoms with Crippen LogP contribution in [0, 0.1) is 0 Å². The summed E-state index contributed by atoms with van der Waals surface area (Å²) < 4.78 is 0. The number of fused-ring (bicyclic) bond motifs is 1. The van der Waals surface area contributed by atoms with Crippen molar-refractivity contribution in [2.75, 3.05) is 0 Å². The predicted octanol–water partition coefficient (Wildman–Crippen LogP) is 2.18. The number of hydrogen-bond acceptors (Lipinski definition) is 0. The third-order valence-corrected chi connectivity index (χ3v) is 1.66. The molecule has 0 aliphatic rings. The number of hydrogen-bond donors (Lipinski definition) is 0. The quantitative estimate of drug-likeness (QED) is 0.634. The van der Waals surface area contributed by atoms with E-state index in [2.05, 4.69) is 49.3 Å². The zero-order valence-electron chi connectivity index (χ0n) is 6.12. The molecule has 11 heavy (non-hydrogen) atoms. The SMILES string of the molecule is [Zr].b1cccc2ccccc12. The van der Waals surface area contributed by atoms with E-state index in [9.17, 15) is 0 Å². The summed E-state index contributed by atoms with van der Waals surface area (Å²) in [5.41, 5.74) is 0. The molecule has 0 amide bonds. The Morgan fingerprint density at radius 3 is 2.45 bits per heavy atom. The van der Waals surface area contributed by atoms with Crippen molar-refractivity contribution < 1.29 is 26.2 Å². The van der Waals surface area contributed by atoms with Crippen molar-refractivity contribution in [1.29, 1.82) is 0 Å². The molecule has 0 nitrogen and oxygen atoms in total. The molecule has 1 aromatic carbocycles. The molecule has 0 aliphatic carbocycles. The molecule has 0 atom stereocenters. The Hall–Kier alpha value is -0.222. The maximum absolute atomic E-state index is 2.12. The summed E-state index contributed by atoms with van der Waals surface area (Å²) in [5, 5.41) is 2.62. The second-order valence-electron chi connectivity index (χ2n) is 2.35. The van der Waals surface area contributed by atoms with Gasteiger partial charge in [-0.2, -0.15) is 0 Å². The van der Waals surface area contributed by atoms with E-state index < -0.39 is 0 Å². The summed E-state index contributed by atoms with van der Waals surface area (Å²) in [6.07, 6.45) is 0. The minimum absolute atomic E-state index is 0. The molecule has 50 valence electrons. The van der Waals surface area contributed by atoms with Gasteiger partial charge < -0.3 is 0 Å². The third-order valence-electron chi connectivity index (χ3n) is 1.66. The summed E-state index contributed by atoms with van der Waals surface area (Å²) in [6, 6.07) is 12.5. The van der Waals surface area contributed by atoms with E-state index in [1.165, 1.54) is 10.7 Å². The number of rotatable bonds is 0. The summed E-state index contributed by atoms with van der Waals surface area (Å²) in [5.74, 6) is 2.06. The Labute approximate surface area is 86.0 Å². The van der Waals surface area contributed by atoms with Gasteiger partial charge in [0.15, 0.2) is 0 Å². The van der Waals surface area contributed by atoms with Crippen LogP contribution in [0.2, 0.25) is 0 Å². The second-order valence-corrected chi connectivity index (χ2v) is 2.35. The van der Waals surface area contributed by atoms with Crippen LogP contribution >= 0.6 is 0 Å². The van der Waals surface area contributed by atoms with Crippen molar-refractivity contribution in [3.63, 3.8) is 0 Å². The molecule has 0 saturated carbocycles. The fraction of sp³-hybridized carbons (Fsp3) is 0. The Kier molecular flexibility index (Phi) is 3.20. The standard InChI is InChI=1S/C9H7B.Zr/c1-2-6-9-8(4-1)5-3-7-10-9;/h1-7H;. The average Bonchev–Trinajstić information content (AvgIpc) is 2.05. The van der Waals surface area contributed by atoms with Crippen LogP contribution in [0.1, 0.15) is 0 Å². The van der Waals surface area contributed by atoms with Crippen LogP contribution in [0.25, 0.3) is 10.7 Å². The van der Waals surface area contributed by atoms with Crippen molar-refractivity contribution in [3.8, 4) is 0 Å². The normalized spacial score (nSPS) is 8.73. The predicted molar refractivity (Wildman–Crippen MR) is 45.3 cm³/mol. The molecule has 1 aromatic heterocycles. The fourth-order valence-corrected chi connectivity index (χ4v) is 1.13. The van der Waals surface area contributed by atoms with Crippen LogP contribution in [-0.2, 0) is 26.2 Å². The molecule has 0 radical (unpaired) electrons. The van der Waals surface area contributed by atoms with Crippen molar-refractivity contribution >= 4 is 17.6 Å². The van der Waals surface area contributed by atoms with E-state index in [1.54, 1.807) is 0 Å². The Balaban J connectivity index is 0.000000605. The summed E-state index contributed by atoms with van der Waals surface area (Å²) in [6.45, 7) is 2.12. The molecule has 0 saturated heterocycles. The van der Waals surface area contributed by atoms with Crippen LogP contribution < -0.4 is 0 Å². The van der Waals surface area contributed by atoms with Crippen molar-refractivity contribution in [3.05, 3.63) is 42.4 Å². The molecule has 2 aromatic rings. The van der Waals surface area contributed by atoms with Crippen LogP contribution in [0.15, 0.2) is 42.4 Å². The fourth-order valence-electron chi connectivity index (χ4n) is 1.13. The van der Waals surface area contributed by atoms with Crippen LogP contribution in [0.4, 0.5) is 0 Å². The van der Waals surface area contributed by atoms with Crippen molar-refractivity contribution in [1.82, 2.24) is 0 Å². The van der Waals surface area contributed by atoms with Crippen LogP contribution in [-0.4, -0.2) is 6.91 Å². The summed E-state index contributed by atoms with van der Waals surface area (Å²) in [4.78, 5) is 0. The van der Waals surface area contributed by atoms with E-state index in [-0.39, 0.29) is 26.2 Å². The Bertz CT molecular complexity index is 281. The molecule has 0 aliphatic heterocycles. The van der Waals surface area contributed by atoms with Gasteiger partial charge in [0.05, 0.1) is 0 Å². The van der Waals surface area contributed by atoms with Crippen LogP contribution in [0.3, 0.4) is 0 Å². The average molecular weight is 217 g/mol. The summed E-state index contributed by atoms with van der Waals surface area (Å²) in [7, 11) is 0. The van der Waals surface area contributed by atoms with Gasteiger partial charge in [-0.05, 0) is 0 Å². The molecule has 0 unspecified atom stereocenters. The molecule has 0 fully saturated rings. The van der Waals surface area contributed by atoms with Gasteiger partial charge in [0.2, 0.25) is 0 Å². The van der Waals surface area contributed by atoms with E-state index in [1.807, 2.05) is 0 Å². The van der Waals surface area contributed by atoms with Gasteiger partial charge >= 0.3 is 59.9 Å². The maximum atomic E-state index is 2.12. The topological polar surface area (TPSA) is 0 Å². The van der Waals surface area contributed by atoms with E-state index in [0.29, 0.717) is 0 Å². The first kappa shape index (κ1) is 8.87. The van der Waals surface area contributed by atoms with Gasteiger partial charge in [0, 0.05) is 26.2 Å². The van der Waals surface area contributed by atoms with Gasteiger partial charge in [0.1, 0.15) is 0 Å². The first-order chi connectivity index (χ1) is 4.97. The van der Waals surface area contributed by atoms with Gasteiger partial charge in [-0.25, -0.2) is 0 Å². The van der Waals surface area contributed by atoms with Gasteiger partial charge in [0.25, 0.3) is 0 Å². The zero-order valence-corrected chi connectivity index (χ0v) is 8.58. The zero-order chi connectivity index (χ0) is 6.81. The Morgan fingerprint density at radius 1 is 0.909 bits per heavy atom. The van der Waals surface area contributed by atoms with Crippen molar-refractivity contribution in [2.45, 2.75) is 0 Å². The molecular formula is C9H7BZr. The van der Waals surface area contributed by atoms with Gasteiger partial charge in [-0.3, -0.25) is 0 Å². The Morgan fingerprint density at radius 2 is 1.64 bits per heavy atom. The van der Waals surface area contributed by atoms with E-state index >= 15 is 0 Å². The first-order valence-corrected chi connectivity index (χ1v) is 3.40. The van der Waals surface area contributed by atoms with Gasteiger partial charge in [-0.15, -0.1) is 0 Å². The minimum atomic E-state index is 0. The molecule has 0 N–H and O–H groups in total. The number of benzene rings is 1. The van der Waals surface area contributed by atoms with E-state index in [4.69, 9.17) is 0 Å². The van der Waals surface area contributed by atoms with E-state index in [0.717, 1.165) is 0 Å². The second kappa shape index (κ2) is 3.97. The third kappa shape index (κ3) is 1.87. The molecule has 1 heterocycles. The summed E-state index contributed by atoms with van der Waals surface area (Å²) >= 11 is 0. The first-order valence-electron chi connectivity index (χ1n) is 3.40. The monoisotopic (exact) mass is 216 g/mol. The van der Waals surface area contributed by atoms with Crippen molar-refractivity contribution in [2.24, 2.45) is 0 Å². The van der Waals surface area contributed by atoms with Gasteiger partial charge in [-0.1, -0.05) is 0 Å². The van der Waals surface area contributed by atoms with Crippen LogP contribution in [0.5, 0.6) is 0 Å². The molecule has 2 heteroatoms.